The highest BCUT2D eigenvalue weighted by molar-refractivity contribution is 6.12. The topological polar surface area (TPSA) is 279 Å². The molecule has 0 saturated carbocycles. The monoisotopic (exact) mass is 1100 g/mol. The zero-order chi connectivity index (χ0) is 59.4. The van der Waals surface area contributed by atoms with Crippen molar-refractivity contribution in [1.29, 1.82) is 0 Å². The van der Waals surface area contributed by atoms with Crippen LogP contribution >= 0.6 is 0 Å². The lowest BCUT2D eigenvalue weighted by Crippen LogP contribution is -2.01. The van der Waals surface area contributed by atoms with Crippen molar-refractivity contribution in [2.24, 2.45) is 0 Å². The molecule has 0 aliphatic rings. The number of aromatic hydroxyl groups is 6. The summed E-state index contributed by atoms with van der Waals surface area (Å²) in [6, 6.07) is 28.0. The fraction of sp³-hybridized carbons (Fsp3) is 0.143. The molecule has 0 atom stereocenters. The summed E-state index contributed by atoms with van der Waals surface area (Å²) >= 11 is 0. The number of phenols is 6. The number of allylic oxidation sites excluding steroid dienone is 6. The molecule has 0 heterocycles. The van der Waals surface area contributed by atoms with Crippen LogP contribution in [-0.4, -0.2) is 108 Å². The second-order valence-corrected chi connectivity index (χ2v) is 16.9. The fourth-order valence-corrected chi connectivity index (χ4v) is 6.79. The Morgan fingerprint density at radius 2 is 0.407 bits per heavy atom. The summed E-state index contributed by atoms with van der Waals surface area (Å²) in [4.78, 5) is 71.6. The van der Waals surface area contributed by atoms with Gasteiger partial charge in [-0.1, -0.05) is 72.9 Å². The van der Waals surface area contributed by atoms with E-state index in [1.54, 1.807) is 109 Å². The summed E-state index contributed by atoms with van der Waals surface area (Å²) in [5.74, 6) is -0.250. The number of hydrogen-bond donors (Lipinski definition) is 6. The SMILES string of the molecule is COc1cc(C=CC(=O)CC(=O)C=Cc2ccc(O)c(OC)c2)ccc1O.COc1cc(C=CC(=O)CC(=O)C=Cc2ccc(O)c(OC)c2)ccc1O.COc1cc(C=CC(=O)CC(=O)C=Cc2ccc(O)c(OC)c2)ccc1O. The number of ketones is 6. The second-order valence-electron chi connectivity index (χ2n) is 16.9. The number of benzene rings is 6. The molecule has 0 saturated heterocycles. The molecule has 6 aromatic rings. The van der Waals surface area contributed by atoms with Crippen LogP contribution in [0.5, 0.6) is 69.0 Å². The zero-order valence-corrected chi connectivity index (χ0v) is 45.0. The van der Waals surface area contributed by atoms with Gasteiger partial charge in [0.15, 0.2) is 104 Å². The minimum absolute atomic E-state index is 0.00662. The third kappa shape index (κ3) is 21.4. The second kappa shape index (κ2) is 32.2. The van der Waals surface area contributed by atoms with E-state index in [-0.39, 0.29) is 88.5 Å². The van der Waals surface area contributed by atoms with E-state index in [4.69, 9.17) is 28.4 Å². The first-order chi connectivity index (χ1) is 38.8. The molecule has 0 aliphatic carbocycles. The predicted molar refractivity (Wildman–Crippen MR) is 306 cm³/mol. The zero-order valence-electron chi connectivity index (χ0n) is 45.0. The van der Waals surface area contributed by atoms with Crippen molar-refractivity contribution in [2.45, 2.75) is 19.3 Å². The van der Waals surface area contributed by atoms with Gasteiger partial charge in [-0.15, -0.1) is 0 Å². The molecule has 6 aromatic carbocycles. The quantitative estimate of drug-likeness (QED) is 0.0243. The maximum atomic E-state index is 11.9. The average molecular weight is 1110 g/mol. The van der Waals surface area contributed by atoms with Crippen molar-refractivity contribution in [3.63, 3.8) is 0 Å². The molecule has 18 heteroatoms. The molecular weight excluding hydrogens is 1040 g/mol. The van der Waals surface area contributed by atoms with Crippen LogP contribution in [0.2, 0.25) is 0 Å². The van der Waals surface area contributed by atoms with Gasteiger partial charge in [0, 0.05) is 0 Å². The molecule has 6 N–H and O–H groups in total. The van der Waals surface area contributed by atoms with Crippen LogP contribution in [0.3, 0.4) is 0 Å². The van der Waals surface area contributed by atoms with E-state index in [0.717, 1.165) is 0 Å². The van der Waals surface area contributed by atoms with Gasteiger partial charge in [0.2, 0.25) is 0 Å². The van der Waals surface area contributed by atoms with Crippen molar-refractivity contribution < 1.29 is 87.8 Å². The summed E-state index contributed by atoms with van der Waals surface area (Å²) in [6.07, 6.45) is 16.3. The Kier molecular flexibility index (Phi) is 25.0. The average Bonchev–Trinajstić information content (AvgIpc) is 3.46. The summed E-state index contributed by atoms with van der Waals surface area (Å²) in [7, 11) is 8.60. The van der Waals surface area contributed by atoms with E-state index in [9.17, 15) is 59.4 Å². The Bertz CT molecular complexity index is 2820. The number of methoxy groups -OCH3 is 6. The molecule has 6 rings (SSSR count). The van der Waals surface area contributed by atoms with Crippen molar-refractivity contribution in [1.82, 2.24) is 0 Å². The van der Waals surface area contributed by atoms with Crippen LogP contribution < -0.4 is 28.4 Å². The third-order valence-corrected chi connectivity index (χ3v) is 11.0. The molecule has 0 fully saturated rings. The van der Waals surface area contributed by atoms with E-state index >= 15 is 0 Å². The number of carbonyl (C=O) groups is 6. The van der Waals surface area contributed by atoms with Crippen molar-refractivity contribution in [3.8, 4) is 69.0 Å². The van der Waals surface area contributed by atoms with Crippen molar-refractivity contribution in [2.75, 3.05) is 42.7 Å². The molecule has 0 aromatic heterocycles. The van der Waals surface area contributed by atoms with Gasteiger partial charge in [-0.2, -0.15) is 0 Å². The Balaban J connectivity index is 0.000000261. The maximum absolute atomic E-state index is 11.9. The Morgan fingerprint density at radius 3 is 0.531 bits per heavy atom. The molecule has 0 bridgehead atoms. The van der Waals surface area contributed by atoms with E-state index in [2.05, 4.69) is 0 Å². The van der Waals surface area contributed by atoms with Crippen molar-refractivity contribution in [3.05, 3.63) is 179 Å². The molecule has 0 unspecified atom stereocenters. The number of rotatable bonds is 24. The number of ether oxygens (including phenoxy) is 6. The van der Waals surface area contributed by atoms with Gasteiger partial charge in [0.1, 0.15) is 0 Å². The summed E-state index contributed by atoms with van der Waals surface area (Å²) in [5.41, 5.74) is 3.98. The first-order valence-corrected chi connectivity index (χ1v) is 24.3. The number of carbonyl (C=O) groups excluding carboxylic acids is 6. The van der Waals surface area contributed by atoms with E-state index < -0.39 is 0 Å². The highest BCUT2D eigenvalue weighted by Crippen LogP contribution is 2.31. The van der Waals surface area contributed by atoms with E-state index in [1.807, 2.05) is 0 Å². The van der Waals surface area contributed by atoms with Gasteiger partial charge in [-0.3, -0.25) is 28.8 Å². The summed E-state index contributed by atoms with van der Waals surface area (Å²) < 4.78 is 30.0. The standard InChI is InChI=1S/3C21H20O6/c3*1-26-20-11-14(5-9-18(20)24)3-7-16(22)13-17(23)8-4-15-6-10-19(25)21(12-15)27-2/h3*3-12,24-25H,13H2,1-2H3. The summed E-state index contributed by atoms with van der Waals surface area (Å²) in [5, 5.41) is 57.3. The highest BCUT2D eigenvalue weighted by Gasteiger charge is 2.10. The van der Waals surface area contributed by atoms with Crippen LogP contribution in [0.15, 0.2) is 146 Å². The maximum Gasteiger partial charge on any atom is 0.163 e. The molecule has 0 spiro atoms. The van der Waals surface area contributed by atoms with Crippen LogP contribution in [-0.2, 0) is 28.8 Å². The van der Waals surface area contributed by atoms with Crippen molar-refractivity contribution >= 4 is 71.2 Å². The van der Waals surface area contributed by atoms with Crippen LogP contribution in [0.1, 0.15) is 52.6 Å². The largest absolute Gasteiger partial charge is 0.504 e. The van der Waals surface area contributed by atoms with Gasteiger partial charge in [0.05, 0.1) is 61.9 Å². The normalized spacial score (nSPS) is 11.0. The van der Waals surface area contributed by atoms with E-state index in [1.165, 1.54) is 116 Å². The fourth-order valence-electron chi connectivity index (χ4n) is 6.79. The lowest BCUT2D eigenvalue weighted by atomic mass is 10.1. The Hall–Kier alpha value is -10.6. The molecule has 420 valence electrons. The molecular formula is C63H60O18. The van der Waals surface area contributed by atoms with Gasteiger partial charge in [-0.25, -0.2) is 0 Å². The third-order valence-electron chi connectivity index (χ3n) is 11.0. The lowest BCUT2D eigenvalue weighted by molar-refractivity contribution is -0.123. The Labute approximate surface area is 467 Å². The first kappa shape index (κ1) is 62.9. The van der Waals surface area contributed by atoms with Crippen LogP contribution in [0, 0.1) is 0 Å². The molecule has 0 aliphatic heterocycles. The molecule has 0 radical (unpaired) electrons. The summed E-state index contributed by atoms with van der Waals surface area (Å²) in [6.45, 7) is 0. The van der Waals surface area contributed by atoms with Gasteiger partial charge >= 0.3 is 0 Å². The number of phenolic OH excluding ortho intramolecular Hbond substituents is 6. The Morgan fingerprint density at radius 1 is 0.272 bits per heavy atom. The van der Waals surface area contributed by atoms with Crippen LogP contribution in [0.4, 0.5) is 0 Å². The highest BCUT2D eigenvalue weighted by atomic mass is 16.5. The van der Waals surface area contributed by atoms with E-state index in [0.29, 0.717) is 67.9 Å². The van der Waals surface area contributed by atoms with Crippen LogP contribution in [0.25, 0.3) is 36.5 Å². The minimum atomic E-state index is -0.347. The lowest BCUT2D eigenvalue weighted by Gasteiger charge is -2.03. The minimum Gasteiger partial charge on any atom is -0.504 e. The molecule has 81 heavy (non-hydrogen) atoms. The smallest absolute Gasteiger partial charge is 0.163 e. The molecule has 18 nitrogen and oxygen atoms in total. The van der Waals surface area contributed by atoms with Gasteiger partial charge in [-0.05, 0) is 143 Å². The van der Waals surface area contributed by atoms with Gasteiger partial charge in [0.25, 0.3) is 0 Å². The van der Waals surface area contributed by atoms with Gasteiger partial charge < -0.3 is 59.1 Å². The predicted octanol–water partition coefficient (Wildman–Crippen LogP) is 10.1. The first-order valence-electron chi connectivity index (χ1n) is 24.3. The number of hydrogen-bond acceptors (Lipinski definition) is 18. The molecule has 0 amide bonds.